The molecule has 0 saturated heterocycles. The first kappa shape index (κ1) is 9.95. The van der Waals surface area contributed by atoms with E-state index in [1.165, 1.54) is 0 Å². The number of carbonyl (C=O) groups is 1. The number of nitrogens with zero attached hydrogens (tertiary/aromatic N) is 3. The lowest BCUT2D eigenvalue weighted by atomic mass is 10.3. The van der Waals surface area contributed by atoms with Gasteiger partial charge in [0.25, 0.3) is 5.89 Å². The molecule has 86 valence electrons. The zero-order valence-electron chi connectivity index (χ0n) is 8.96. The summed E-state index contributed by atoms with van der Waals surface area (Å²) in [7, 11) is 0. The SMILES string of the molecule is O=C(Nc1nnc(-c2cccnc2)o1)C1CC1. The van der Waals surface area contributed by atoms with Crippen molar-refractivity contribution in [2.24, 2.45) is 5.92 Å². The van der Waals surface area contributed by atoms with E-state index in [9.17, 15) is 4.79 Å². The van der Waals surface area contributed by atoms with Gasteiger partial charge in [0.05, 0.1) is 5.56 Å². The second kappa shape index (κ2) is 3.97. The van der Waals surface area contributed by atoms with Gasteiger partial charge in [0.15, 0.2) is 0 Å². The molecule has 6 heteroatoms. The fourth-order valence-corrected chi connectivity index (χ4v) is 1.43. The fourth-order valence-electron chi connectivity index (χ4n) is 1.43. The van der Waals surface area contributed by atoms with E-state index in [1.54, 1.807) is 18.5 Å². The molecule has 3 rings (SSSR count). The molecule has 0 spiro atoms. The minimum absolute atomic E-state index is 0.0496. The first-order chi connectivity index (χ1) is 8.33. The molecule has 0 unspecified atom stereocenters. The number of rotatable bonds is 3. The molecular weight excluding hydrogens is 220 g/mol. The lowest BCUT2D eigenvalue weighted by Crippen LogP contribution is -2.13. The Hall–Kier alpha value is -2.24. The van der Waals surface area contributed by atoms with Gasteiger partial charge in [-0.15, -0.1) is 5.10 Å². The molecule has 0 aromatic carbocycles. The molecule has 17 heavy (non-hydrogen) atoms. The Morgan fingerprint density at radius 1 is 1.41 bits per heavy atom. The van der Waals surface area contributed by atoms with Crippen LogP contribution in [-0.4, -0.2) is 21.1 Å². The Morgan fingerprint density at radius 3 is 3.00 bits per heavy atom. The predicted octanol–water partition coefficient (Wildman–Crippen LogP) is 1.48. The zero-order chi connectivity index (χ0) is 11.7. The summed E-state index contributed by atoms with van der Waals surface area (Å²) in [6, 6.07) is 3.73. The molecule has 1 N–H and O–H groups in total. The van der Waals surface area contributed by atoms with Gasteiger partial charge in [0.2, 0.25) is 5.91 Å². The molecule has 1 saturated carbocycles. The Kier molecular flexibility index (Phi) is 2.32. The van der Waals surface area contributed by atoms with E-state index in [4.69, 9.17) is 4.42 Å². The lowest BCUT2D eigenvalue weighted by molar-refractivity contribution is -0.117. The molecule has 0 bridgehead atoms. The smallest absolute Gasteiger partial charge is 0.322 e. The van der Waals surface area contributed by atoms with Crippen molar-refractivity contribution in [2.75, 3.05) is 5.32 Å². The van der Waals surface area contributed by atoms with Crippen LogP contribution in [0.25, 0.3) is 11.5 Å². The summed E-state index contributed by atoms with van der Waals surface area (Å²) in [5.74, 6) is 0.416. The Bertz CT molecular complexity index is 533. The predicted molar refractivity (Wildman–Crippen MR) is 58.9 cm³/mol. The lowest BCUT2D eigenvalue weighted by Gasteiger charge is -1.96. The van der Waals surface area contributed by atoms with Gasteiger partial charge in [-0.05, 0) is 25.0 Å². The third kappa shape index (κ3) is 2.15. The molecule has 0 aliphatic heterocycles. The van der Waals surface area contributed by atoms with Crippen molar-refractivity contribution in [3.63, 3.8) is 0 Å². The zero-order valence-corrected chi connectivity index (χ0v) is 8.96. The molecule has 0 atom stereocenters. The van der Waals surface area contributed by atoms with Crippen molar-refractivity contribution in [1.82, 2.24) is 15.2 Å². The monoisotopic (exact) mass is 230 g/mol. The van der Waals surface area contributed by atoms with Crippen LogP contribution in [0.1, 0.15) is 12.8 Å². The molecule has 2 aromatic rings. The summed E-state index contributed by atoms with van der Waals surface area (Å²) in [5.41, 5.74) is 0.729. The van der Waals surface area contributed by atoms with Crippen LogP contribution in [0.5, 0.6) is 0 Å². The summed E-state index contributed by atoms with van der Waals surface area (Å²) < 4.78 is 5.32. The minimum atomic E-state index is -0.0496. The molecule has 6 nitrogen and oxygen atoms in total. The number of hydrogen-bond acceptors (Lipinski definition) is 5. The van der Waals surface area contributed by atoms with Gasteiger partial charge in [0, 0.05) is 18.3 Å². The second-order valence-electron chi connectivity index (χ2n) is 3.92. The molecule has 1 fully saturated rings. The summed E-state index contributed by atoms with van der Waals surface area (Å²) in [6.45, 7) is 0. The Morgan fingerprint density at radius 2 is 2.29 bits per heavy atom. The molecule has 2 aromatic heterocycles. The normalized spacial score (nSPS) is 14.6. The van der Waals surface area contributed by atoms with Crippen molar-refractivity contribution in [3.05, 3.63) is 24.5 Å². The van der Waals surface area contributed by atoms with Gasteiger partial charge < -0.3 is 4.42 Å². The molecular formula is C11H10N4O2. The van der Waals surface area contributed by atoms with Crippen LogP contribution in [0, 0.1) is 5.92 Å². The third-order valence-electron chi connectivity index (χ3n) is 2.51. The van der Waals surface area contributed by atoms with E-state index >= 15 is 0 Å². The summed E-state index contributed by atoms with van der Waals surface area (Å²) in [6.07, 6.45) is 5.17. The van der Waals surface area contributed by atoms with E-state index in [0.29, 0.717) is 5.89 Å². The highest BCUT2D eigenvalue weighted by atomic mass is 16.4. The van der Waals surface area contributed by atoms with Gasteiger partial charge in [-0.25, -0.2) is 0 Å². The van der Waals surface area contributed by atoms with Gasteiger partial charge >= 0.3 is 6.01 Å². The number of aromatic nitrogens is 3. The van der Waals surface area contributed by atoms with Crippen LogP contribution in [-0.2, 0) is 4.79 Å². The fraction of sp³-hybridized carbons (Fsp3) is 0.273. The summed E-state index contributed by atoms with van der Waals surface area (Å²) in [4.78, 5) is 15.4. The molecule has 1 aliphatic carbocycles. The van der Waals surface area contributed by atoms with Crippen molar-refractivity contribution in [3.8, 4) is 11.5 Å². The highest BCUT2D eigenvalue weighted by Gasteiger charge is 2.30. The number of amides is 1. The average molecular weight is 230 g/mol. The highest BCUT2D eigenvalue weighted by Crippen LogP contribution is 2.30. The van der Waals surface area contributed by atoms with Gasteiger partial charge in [-0.1, -0.05) is 5.10 Å². The second-order valence-corrected chi connectivity index (χ2v) is 3.92. The van der Waals surface area contributed by atoms with Gasteiger partial charge in [0.1, 0.15) is 0 Å². The molecule has 2 heterocycles. The summed E-state index contributed by atoms with van der Waals surface area (Å²) >= 11 is 0. The molecule has 0 radical (unpaired) electrons. The Balaban J connectivity index is 1.76. The first-order valence-electron chi connectivity index (χ1n) is 5.38. The summed E-state index contributed by atoms with van der Waals surface area (Å²) in [5, 5.41) is 10.2. The Labute approximate surface area is 97.1 Å². The van der Waals surface area contributed by atoms with Crippen LogP contribution >= 0.6 is 0 Å². The van der Waals surface area contributed by atoms with Crippen molar-refractivity contribution in [1.29, 1.82) is 0 Å². The maximum Gasteiger partial charge on any atom is 0.322 e. The maximum atomic E-state index is 11.5. The quantitative estimate of drug-likeness (QED) is 0.863. The number of hydrogen-bond donors (Lipinski definition) is 1. The van der Waals surface area contributed by atoms with Crippen LogP contribution < -0.4 is 5.32 Å². The van der Waals surface area contributed by atoms with Crippen molar-refractivity contribution < 1.29 is 9.21 Å². The number of carbonyl (C=O) groups excluding carboxylic acids is 1. The van der Waals surface area contributed by atoms with E-state index in [-0.39, 0.29) is 17.8 Å². The topological polar surface area (TPSA) is 80.9 Å². The minimum Gasteiger partial charge on any atom is -0.403 e. The third-order valence-corrected chi connectivity index (χ3v) is 2.51. The van der Waals surface area contributed by atoms with E-state index < -0.39 is 0 Å². The van der Waals surface area contributed by atoms with Gasteiger partial charge in [-0.2, -0.15) is 0 Å². The van der Waals surface area contributed by atoms with E-state index in [2.05, 4.69) is 20.5 Å². The van der Waals surface area contributed by atoms with Crippen LogP contribution in [0.4, 0.5) is 6.01 Å². The van der Waals surface area contributed by atoms with Crippen LogP contribution in [0.2, 0.25) is 0 Å². The van der Waals surface area contributed by atoms with Crippen molar-refractivity contribution >= 4 is 11.9 Å². The average Bonchev–Trinajstić information content (AvgIpc) is 3.12. The van der Waals surface area contributed by atoms with E-state index in [0.717, 1.165) is 18.4 Å². The number of pyridine rings is 1. The highest BCUT2D eigenvalue weighted by molar-refractivity contribution is 5.92. The van der Waals surface area contributed by atoms with Crippen LogP contribution in [0.15, 0.2) is 28.9 Å². The van der Waals surface area contributed by atoms with Gasteiger partial charge in [-0.3, -0.25) is 15.1 Å². The number of nitrogens with one attached hydrogen (secondary N) is 1. The standard InChI is InChI=1S/C11H10N4O2/c16-9(7-3-4-7)13-11-15-14-10(17-11)8-2-1-5-12-6-8/h1-2,5-7H,3-4H2,(H,13,15,16). The first-order valence-corrected chi connectivity index (χ1v) is 5.38. The largest absolute Gasteiger partial charge is 0.403 e. The number of anilines is 1. The molecule has 1 amide bonds. The molecule has 1 aliphatic rings. The van der Waals surface area contributed by atoms with Crippen LogP contribution in [0.3, 0.4) is 0 Å². The van der Waals surface area contributed by atoms with E-state index in [1.807, 2.05) is 6.07 Å². The maximum absolute atomic E-state index is 11.5. The van der Waals surface area contributed by atoms with Crippen molar-refractivity contribution in [2.45, 2.75) is 12.8 Å².